The third-order valence-corrected chi connectivity index (χ3v) is 5.44. The maximum absolute atomic E-state index is 12.9. The van der Waals surface area contributed by atoms with E-state index in [9.17, 15) is 9.18 Å². The molecule has 1 aliphatic rings. The molecule has 4 heteroatoms. The van der Waals surface area contributed by atoms with E-state index in [4.69, 9.17) is 0 Å². The zero-order chi connectivity index (χ0) is 15.7. The smallest absolute Gasteiger partial charge is 0.263 e. The minimum Gasteiger partial charge on any atom is -0.337 e. The van der Waals surface area contributed by atoms with Crippen LogP contribution in [-0.4, -0.2) is 17.9 Å². The van der Waals surface area contributed by atoms with Crippen molar-refractivity contribution >= 4 is 17.2 Å². The monoisotopic (exact) mass is 317 g/mol. The molecule has 0 saturated heterocycles. The van der Waals surface area contributed by atoms with Crippen LogP contribution in [0.3, 0.4) is 0 Å². The Labute approximate surface area is 134 Å². The third-order valence-electron chi connectivity index (χ3n) is 4.22. The van der Waals surface area contributed by atoms with Gasteiger partial charge in [0.1, 0.15) is 5.82 Å². The molecular weight excluding hydrogens is 297 g/mol. The molecule has 0 bridgehead atoms. The summed E-state index contributed by atoms with van der Waals surface area (Å²) in [4.78, 5) is 16.5. The number of benzene rings is 1. The van der Waals surface area contributed by atoms with Crippen LogP contribution in [0.15, 0.2) is 30.3 Å². The quantitative estimate of drug-likeness (QED) is 0.827. The van der Waals surface area contributed by atoms with Crippen LogP contribution < -0.4 is 0 Å². The number of thiophene rings is 1. The second kappa shape index (κ2) is 6.21. The molecule has 0 saturated carbocycles. The van der Waals surface area contributed by atoms with E-state index < -0.39 is 0 Å². The van der Waals surface area contributed by atoms with Gasteiger partial charge in [-0.25, -0.2) is 4.39 Å². The molecule has 1 heterocycles. The van der Waals surface area contributed by atoms with E-state index in [1.54, 1.807) is 35.4 Å². The van der Waals surface area contributed by atoms with Gasteiger partial charge >= 0.3 is 0 Å². The Hall–Kier alpha value is -1.68. The lowest BCUT2D eigenvalue weighted by Crippen LogP contribution is -2.25. The average Bonchev–Trinajstić information content (AvgIpc) is 2.91. The molecule has 1 aliphatic carbocycles. The number of nitrogens with zero attached hydrogens (tertiary/aromatic N) is 1. The van der Waals surface area contributed by atoms with Gasteiger partial charge in [-0.15, -0.1) is 11.3 Å². The first-order valence-electron chi connectivity index (χ1n) is 7.64. The van der Waals surface area contributed by atoms with Crippen LogP contribution in [0.4, 0.5) is 4.39 Å². The maximum Gasteiger partial charge on any atom is 0.263 e. The number of amides is 1. The minimum atomic E-state index is -0.252. The Balaban J connectivity index is 1.72. The van der Waals surface area contributed by atoms with Crippen molar-refractivity contribution in [2.24, 2.45) is 5.92 Å². The topological polar surface area (TPSA) is 20.3 Å². The van der Waals surface area contributed by atoms with E-state index in [0.717, 1.165) is 23.3 Å². The molecule has 1 atom stereocenters. The second-order valence-electron chi connectivity index (χ2n) is 6.19. The summed E-state index contributed by atoms with van der Waals surface area (Å²) < 4.78 is 12.9. The van der Waals surface area contributed by atoms with Crippen LogP contribution in [0.1, 0.15) is 39.0 Å². The van der Waals surface area contributed by atoms with Crippen molar-refractivity contribution in [1.29, 1.82) is 0 Å². The molecule has 0 N–H and O–H groups in total. The highest BCUT2D eigenvalue weighted by molar-refractivity contribution is 7.14. The van der Waals surface area contributed by atoms with E-state index in [-0.39, 0.29) is 11.7 Å². The molecule has 1 aromatic heterocycles. The van der Waals surface area contributed by atoms with Crippen LogP contribution in [-0.2, 0) is 19.4 Å². The average molecular weight is 317 g/mol. The first-order valence-corrected chi connectivity index (χ1v) is 8.46. The van der Waals surface area contributed by atoms with Crippen molar-refractivity contribution in [2.45, 2.75) is 32.7 Å². The van der Waals surface area contributed by atoms with Crippen LogP contribution >= 0.6 is 11.3 Å². The van der Waals surface area contributed by atoms with E-state index in [0.29, 0.717) is 12.5 Å². The molecule has 0 unspecified atom stereocenters. The number of rotatable bonds is 3. The van der Waals surface area contributed by atoms with E-state index in [2.05, 4.69) is 13.0 Å². The molecule has 0 aliphatic heterocycles. The van der Waals surface area contributed by atoms with Gasteiger partial charge in [0.05, 0.1) is 4.88 Å². The minimum absolute atomic E-state index is 0.0522. The SMILES string of the molecule is C[C@H]1CCc2sc(C(=O)N(C)Cc3ccc(F)cc3)cc2C1. The lowest BCUT2D eigenvalue weighted by Gasteiger charge is -2.16. The van der Waals surface area contributed by atoms with Crippen molar-refractivity contribution < 1.29 is 9.18 Å². The normalized spacial score (nSPS) is 17.1. The fourth-order valence-corrected chi connectivity index (χ4v) is 4.14. The predicted molar refractivity (Wildman–Crippen MR) is 87.7 cm³/mol. The summed E-state index contributed by atoms with van der Waals surface area (Å²) >= 11 is 1.64. The molecule has 0 fully saturated rings. The van der Waals surface area contributed by atoms with Gasteiger partial charge in [0.2, 0.25) is 0 Å². The standard InChI is InChI=1S/C18H20FNOS/c1-12-3-8-16-14(9-12)10-17(22-16)18(21)20(2)11-13-4-6-15(19)7-5-13/h4-7,10,12H,3,8-9,11H2,1-2H3/t12-/m0/s1. The molecule has 0 radical (unpaired) electrons. The van der Waals surface area contributed by atoms with Gasteiger partial charge in [-0.3, -0.25) is 4.79 Å². The third kappa shape index (κ3) is 3.22. The number of hydrogen-bond acceptors (Lipinski definition) is 2. The molecule has 2 nitrogen and oxygen atoms in total. The largest absolute Gasteiger partial charge is 0.337 e. The first-order chi connectivity index (χ1) is 10.5. The Morgan fingerprint density at radius 1 is 1.36 bits per heavy atom. The summed E-state index contributed by atoms with van der Waals surface area (Å²) in [6.45, 7) is 2.76. The lowest BCUT2D eigenvalue weighted by atomic mass is 9.90. The Morgan fingerprint density at radius 2 is 2.09 bits per heavy atom. The fourth-order valence-electron chi connectivity index (χ4n) is 2.93. The molecule has 1 aromatic carbocycles. The van der Waals surface area contributed by atoms with Crippen molar-refractivity contribution in [3.8, 4) is 0 Å². The first kappa shape index (κ1) is 15.2. The van der Waals surface area contributed by atoms with Gasteiger partial charge in [-0.2, -0.15) is 0 Å². The maximum atomic E-state index is 12.9. The van der Waals surface area contributed by atoms with E-state index in [1.807, 2.05) is 0 Å². The number of halogens is 1. The van der Waals surface area contributed by atoms with Crippen molar-refractivity contribution in [1.82, 2.24) is 4.90 Å². The number of carbonyl (C=O) groups is 1. The Bertz CT molecular complexity index is 677. The van der Waals surface area contributed by atoms with Crippen LogP contribution in [0, 0.1) is 11.7 Å². The number of aryl methyl sites for hydroxylation is 1. The highest BCUT2D eigenvalue weighted by Gasteiger charge is 2.22. The highest BCUT2D eigenvalue weighted by Crippen LogP contribution is 2.32. The van der Waals surface area contributed by atoms with Crippen LogP contribution in [0.5, 0.6) is 0 Å². The zero-order valence-electron chi connectivity index (χ0n) is 12.9. The molecule has 3 rings (SSSR count). The summed E-state index contributed by atoms with van der Waals surface area (Å²) in [6.07, 6.45) is 3.39. The van der Waals surface area contributed by atoms with E-state index >= 15 is 0 Å². The molecular formula is C18H20FNOS. The van der Waals surface area contributed by atoms with Gasteiger partial charge in [0.15, 0.2) is 0 Å². The fraction of sp³-hybridized carbons (Fsp3) is 0.389. The van der Waals surface area contributed by atoms with Gasteiger partial charge in [0.25, 0.3) is 5.91 Å². The lowest BCUT2D eigenvalue weighted by molar-refractivity contribution is 0.0790. The van der Waals surface area contributed by atoms with Crippen molar-refractivity contribution in [2.75, 3.05) is 7.05 Å². The number of hydrogen-bond donors (Lipinski definition) is 0. The summed E-state index contributed by atoms with van der Waals surface area (Å²) in [5, 5.41) is 0. The highest BCUT2D eigenvalue weighted by atomic mass is 32.1. The summed E-state index contributed by atoms with van der Waals surface area (Å²) in [7, 11) is 1.80. The van der Waals surface area contributed by atoms with Crippen LogP contribution in [0.25, 0.3) is 0 Å². The summed E-state index contributed by atoms with van der Waals surface area (Å²) in [6, 6.07) is 8.37. The molecule has 22 heavy (non-hydrogen) atoms. The molecule has 1 amide bonds. The Kier molecular flexibility index (Phi) is 4.30. The van der Waals surface area contributed by atoms with Gasteiger partial charge < -0.3 is 4.90 Å². The van der Waals surface area contributed by atoms with E-state index in [1.165, 1.54) is 29.0 Å². The van der Waals surface area contributed by atoms with Crippen LogP contribution in [0.2, 0.25) is 0 Å². The Morgan fingerprint density at radius 3 is 2.82 bits per heavy atom. The second-order valence-corrected chi connectivity index (χ2v) is 7.33. The summed E-state index contributed by atoms with van der Waals surface area (Å²) in [5.74, 6) is 0.510. The molecule has 2 aromatic rings. The number of fused-ring (bicyclic) bond motifs is 1. The van der Waals surface area contributed by atoms with Crippen molar-refractivity contribution in [3.63, 3.8) is 0 Å². The number of carbonyl (C=O) groups excluding carboxylic acids is 1. The zero-order valence-corrected chi connectivity index (χ0v) is 13.8. The van der Waals surface area contributed by atoms with Gasteiger partial charge in [0, 0.05) is 18.5 Å². The molecule has 0 spiro atoms. The van der Waals surface area contributed by atoms with Gasteiger partial charge in [-0.1, -0.05) is 19.1 Å². The molecule has 116 valence electrons. The predicted octanol–water partition coefficient (Wildman–Crippen LogP) is 4.28. The van der Waals surface area contributed by atoms with Gasteiger partial charge in [-0.05, 0) is 54.5 Å². The van der Waals surface area contributed by atoms with Crippen molar-refractivity contribution in [3.05, 3.63) is 57.0 Å². The summed E-state index contributed by atoms with van der Waals surface area (Å²) in [5.41, 5.74) is 2.29.